The van der Waals surface area contributed by atoms with Crippen LogP contribution in [0.3, 0.4) is 0 Å². The highest BCUT2D eigenvalue weighted by Gasteiger charge is 2.33. The van der Waals surface area contributed by atoms with Gasteiger partial charge in [-0.1, -0.05) is 29.3 Å². The van der Waals surface area contributed by atoms with Crippen molar-refractivity contribution in [3.63, 3.8) is 0 Å². The number of nitrogens with zero attached hydrogens (tertiary/aromatic N) is 2. The van der Waals surface area contributed by atoms with E-state index >= 15 is 0 Å². The second-order valence-electron chi connectivity index (χ2n) is 10.1. The van der Waals surface area contributed by atoms with Crippen molar-refractivity contribution in [3.05, 3.63) is 74.6 Å². The molecule has 1 N–H and O–H groups in total. The maximum absolute atomic E-state index is 13.4. The van der Waals surface area contributed by atoms with Crippen molar-refractivity contribution in [1.29, 1.82) is 0 Å². The SMILES string of the molecule is O=C(Cc1ccc(N2C(=O)Cc3cc(NCCCN4CCOCC4)ccc3C2=O)c(Cl)c1)CS(=O)(=O)c1ccc(Cl)s1. The molecule has 2 aliphatic rings. The Kier molecular flexibility index (Phi) is 9.66. The predicted octanol–water partition coefficient (Wildman–Crippen LogP) is 4.50. The molecule has 3 aromatic rings. The smallest absolute Gasteiger partial charge is 0.265 e. The van der Waals surface area contributed by atoms with Crippen molar-refractivity contribution < 1.29 is 27.5 Å². The van der Waals surface area contributed by atoms with Gasteiger partial charge in [0, 0.05) is 37.3 Å². The second-order valence-corrected chi connectivity index (χ2v) is 14.5. The molecule has 1 saturated heterocycles. The molecule has 0 spiro atoms. The van der Waals surface area contributed by atoms with Gasteiger partial charge in [0.05, 0.1) is 34.7 Å². The Bertz CT molecular complexity index is 1620. The molecule has 9 nitrogen and oxygen atoms in total. The number of ketones is 1. The molecule has 42 heavy (non-hydrogen) atoms. The van der Waals surface area contributed by atoms with Gasteiger partial charge < -0.3 is 10.1 Å². The Hall–Kier alpha value is -2.80. The van der Waals surface area contributed by atoms with Crippen molar-refractivity contribution in [2.45, 2.75) is 23.5 Å². The summed E-state index contributed by atoms with van der Waals surface area (Å²) in [5, 5.41) is 3.48. The minimum absolute atomic E-state index is 0.0308. The van der Waals surface area contributed by atoms with Crippen LogP contribution < -0.4 is 10.2 Å². The van der Waals surface area contributed by atoms with Gasteiger partial charge in [-0.05, 0) is 66.6 Å². The summed E-state index contributed by atoms with van der Waals surface area (Å²) in [5.41, 5.74) is 2.59. The number of halogens is 2. The number of hydrogen-bond donors (Lipinski definition) is 1. The summed E-state index contributed by atoms with van der Waals surface area (Å²) < 4.78 is 30.7. The van der Waals surface area contributed by atoms with Gasteiger partial charge in [0.1, 0.15) is 9.96 Å². The Labute approximate surface area is 258 Å². The lowest BCUT2D eigenvalue weighted by atomic mass is 9.96. The number of carbonyl (C=O) groups is 3. The Balaban J connectivity index is 1.21. The summed E-state index contributed by atoms with van der Waals surface area (Å²) in [5.74, 6) is -2.09. The fraction of sp³-hybridized carbons (Fsp3) is 0.345. The number of amides is 2. The van der Waals surface area contributed by atoms with Gasteiger partial charge >= 0.3 is 0 Å². The maximum Gasteiger partial charge on any atom is 0.265 e. The molecule has 0 saturated carbocycles. The van der Waals surface area contributed by atoms with Gasteiger partial charge in [-0.3, -0.25) is 19.3 Å². The minimum Gasteiger partial charge on any atom is -0.385 e. The van der Waals surface area contributed by atoms with Crippen molar-refractivity contribution in [1.82, 2.24) is 4.90 Å². The zero-order chi connectivity index (χ0) is 29.9. The quantitative estimate of drug-likeness (QED) is 0.239. The first kappa shape index (κ1) is 30.7. The van der Waals surface area contributed by atoms with Gasteiger partial charge in [-0.2, -0.15) is 0 Å². The summed E-state index contributed by atoms with van der Waals surface area (Å²) in [6, 6.07) is 12.8. The van der Waals surface area contributed by atoms with Crippen LogP contribution in [0.1, 0.15) is 27.9 Å². The van der Waals surface area contributed by atoms with Gasteiger partial charge in [0.15, 0.2) is 15.6 Å². The summed E-state index contributed by atoms with van der Waals surface area (Å²) in [6.07, 6.45) is 0.818. The summed E-state index contributed by atoms with van der Waals surface area (Å²) in [4.78, 5) is 42.4. The van der Waals surface area contributed by atoms with E-state index < -0.39 is 33.2 Å². The lowest BCUT2D eigenvalue weighted by Crippen LogP contribution is -2.42. The van der Waals surface area contributed by atoms with E-state index in [2.05, 4.69) is 10.2 Å². The molecule has 0 atom stereocenters. The van der Waals surface area contributed by atoms with E-state index in [-0.39, 0.29) is 27.8 Å². The zero-order valence-corrected chi connectivity index (χ0v) is 25.8. The highest BCUT2D eigenvalue weighted by molar-refractivity contribution is 7.94. The van der Waals surface area contributed by atoms with Crippen LogP contribution in [0.2, 0.25) is 9.36 Å². The third-order valence-corrected chi connectivity index (χ3v) is 10.9. The largest absolute Gasteiger partial charge is 0.385 e. The molecule has 0 unspecified atom stereocenters. The zero-order valence-electron chi connectivity index (χ0n) is 22.6. The normalized spacial score (nSPS) is 16.0. The molecular formula is C29H29Cl2N3O6S2. The molecule has 3 heterocycles. The second kappa shape index (κ2) is 13.2. The van der Waals surface area contributed by atoms with E-state index in [9.17, 15) is 22.8 Å². The number of morpholine rings is 1. The topological polar surface area (TPSA) is 113 Å². The molecule has 1 aromatic heterocycles. The number of rotatable bonds is 11. The van der Waals surface area contributed by atoms with Crippen LogP contribution in [-0.4, -0.2) is 76.1 Å². The monoisotopic (exact) mass is 649 g/mol. The molecule has 222 valence electrons. The van der Waals surface area contributed by atoms with Crippen molar-refractivity contribution in [3.8, 4) is 0 Å². The first-order chi connectivity index (χ1) is 20.1. The number of thiophene rings is 1. The van der Waals surface area contributed by atoms with Crippen molar-refractivity contribution >= 4 is 73.3 Å². The maximum atomic E-state index is 13.4. The van der Waals surface area contributed by atoms with E-state index in [0.717, 1.165) is 67.7 Å². The fourth-order valence-corrected chi connectivity index (χ4v) is 8.11. The van der Waals surface area contributed by atoms with Crippen LogP contribution in [-0.2, 0) is 37.0 Å². The van der Waals surface area contributed by atoms with Crippen LogP contribution in [0, 0.1) is 0 Å². The van der Waals surface area contributed by atoms with Crippen LogP contribution in [0.4, 0.5) is 11.4 Å². The van der Waals surface area contributed by atoms with Crippen molar-refractivity contribution in [2.24, 2.45) is 0 Å². The molecule has 0 bridgehead atoms. The van der Waals surface area contributed by atoms with E-state index in [4.69, 9.17) is 27.9 Å². The molecule has 2 aliphatic heterocycles. The number of sulfone groups is 1. The molecule has 13 heteroatoms. The number of carbonyl (C=O) groups excluding carboxylic acids is 3. The van der Waals surface area contributed by atoms with Crippen LogP contribution in [0.15, 0.2) is 52.7 Å². The van der Waals surface area contributed by atoms with Crippen LogP contribution in [0.25, 0.3) is 0 Å². The average molecular weight is 651 g/mol. The minimum atomic E-state index is -3.81. The van der Waals surface area contributed by atoms with Gasteiger partial charge in [0.2, 0.25) is 5.91 Å². The van der Waals surface area contributed by atoms with E-state index in [0.29, 0.717) is 21.0 Å². The first-order valence-corrected chi connectivity index (χ1v) is 16.7. The number of benzene rings is 2. The molecule has 5 rings (SSSR count). The van der Waals surface area contributed by atoms with Crippen LogP contribution >= 0.6 is 34.5 Å². The summed E-state index contributed by atoms with van der Waals surface area (Å²) in [7, 11) is -3.81. The Morgan fingerprint density at radius 3 is 2.52 bits per heavy atom. The van der Waals surface area contributed by atoms with Gasteiger partial charge in [-0.25, -0.2) is 13.3 Å². The number of fused-ring (bicyclic) bond motifs is 1. The third-order valence-electron chi connectivity index (χ3n) is 7.07. The standard InChI is InChI=1S/C29H29Cl2N3O6S2/c30-24-15-19(14-22(35)18-42(38,39)28-7-6-26(31)41-28)2-5-25(24)34-27(36)17-20-16-21(3-4-23(20)29(34)37)32-8-1-9-33-10-12-40-13-11-33/h2-7,15-16,32H,1,8-14,17-18H2. The number of hydrogen-bond acceptors (Lipinski definition) is 9. The molecule has 0 radical (unpaired) electrons. The molecule has 2 amide bonds. The first-order valence-electron chi connectivity index (χ1n) is 13.4. The lowest BCUT2D eigenvalue weighted by molar-refractivity contribution is -0.118. The van der Waals surface area contributed by atoms with E-state index in [1.165, 1.54) is 24.3 Å². The Morgan fingerprint density at radius 2 is 1.81 bits per heavy atom. The van der Waals surface area contributed by atoms with Crippen molar-refractivity contribution in [2.75, 3.05) is 55.4 Å². The average Bonchev–Trinajstić information content (AvgIpc) is 3.40. The highest BCUT2D eigenvalue weighted by Crippen LogP contribution is 2.33. The molecular weight excluding hydrogens is 621 g/mol. The summed E-state index contributed by atoms with van der Waals surface area (Å²) >= 11 is 13.2. The number of anilines is 2. The number of imide groups is 1. The third kappa shape index (κ3) is 7.21. The predicted molar refractivity (Wildman–Crippen MR) is 164 cm³/mol. The highest BCUT2D eigenvalue weighted by atomic mass is 35.5. The summed E-state index contributed by atoms with van der Waals surface area (Å²) in [6.45, 7) is 5.17. The van der Waals surface area contributed by atoms with Crippen LogP contribution in [0.5, 0.6) is 0 Å². The fourth-order valence-electron chi connectivity index (χ4n) is 5.01. The lowest BCUT2D eigenvalue weighted by Gasteiger charge is -2.28. The Morgan fingerprint density at radius 1 is 1.02 bits per heavy atom. The van der Waals surface area contributed by atoms with Gasteiger partial charge in [0.25, 0.3) is 5.91 Å². The van der Waals surface area contributed by atoms with E-state index in [1.807, 2.05) is 12.1 Å². The van der Waals surface area contributed by atoms with Gasteiger partial charge in [-0.15, -0.1) is 11.3 Å². The number of nitrogens with one attached hydrogen (secondary N) is 1. The van der Waals surface area contributed by atoms with E-state index in [1.54, 1.807) is 12.1 Å². The molecule has 1 fully saturated rings. The molecule has 0 aliphatic carbocycles. The number of Topliss-reactive ketones (excluding diaryl/α,β-unsaturated/α-hetero) is 1. The number of ether oxygens (including phenoxy) is 1. The molecule has 2 aromatic carbocycles.